The van der Waals surface area contributed by atoms with Gasteiger partial charge in [0.1, 0.15) is 0 Å². The Morgan fingerprint density at radius 2 is 1.75 bits per heavy atom. The lowest BCUT2D eigenvalue weighted by molar-refractivity contribution is 0.254. The third kappa shape index (κ3) is 6.49. The van der Waals surface area contributed by atoms with Crippen LogP contribution in [-0.2, 0) is 0 Å². The molecular formula is C14H32N2. The molecule has 0 fully saturated rings. The Balaban J connectivity index is 4.02. The lowest BCUT2D eigenvalue weighted by Gasteiger charge is -2.30. The summed E-state index contributed by atoms with van der Waals surface area (Å²) in [6.45, 7) is 13.4. The predicted octanol–water partition coefficient (Wildman–Crippen LogP) is 3.02. The van der Waals surface area contributed by atoms with Crippen molar-refractivity contribution in [1.29, 1.82) is 0 Å². The van der Waals surface area contributed by atoms with Crippen molar-refractivity contribution >= 4 is 0 Å². The van der Waals surface area contributed by atoms with Crippen LogP contribution < -0.4 is 11.1 Å². The Hall–Kier alpha value is -0.0800. The second-order valence-electron chi connectivity index (χ2n) is 5.62. The molecule has 0 aromatic rings. The zero-order chi connectivity index (χ0) is 12.6. The molecule has 0 rings (SSSR count). The number of nitrogens with one attached hydrogen (secondary N) is 1. The van der Waals surface area contributed by atoms with Crippen molar-refractivity contribution in [3.8, 4) is 0 Å². The fraction of sp³-hybridized carbons (Fsp3) is 1.00. The summed E-state index contributed by atoms with van der Waals surface area (Å²) >= 11 is 0. The van der Waals surface area contributed by atoms with E-state index in [9.17, 15) is 0 Å². The molecule has 2 nitrogen and oxygen atoms in total. The first-order valence-electron chi connectivity index (χ1n) is 6.96. The second-order valence-corrected chi connectivity index (χ2v) is 5.62. The molecule has 0 spiro atoms. The minimum absolute atomic E-state index is 0.486. The van der Waals surface area contributed by atoms with Gasteiger partial charge in [0.05, 0.1) is 0 Å². The van der Waals surface area contributed by atoms with Crippen molar-refractivity contribution in [3.05, 3.63) is 0 Å². The van der Waals surface area contributed by atoms with E-state index in [1.165, 1.54) is 19.3 Å². The van der Waals surface area contributed by atoms with Crippen LogP contribution in [0, 0.1) is 17.8 Å². The van der Waals surface area contributed by atoms with E-state index in [1.54, 1.807) is 0 Å². The van der Waals surface area contributed by atoms with Gasteiger partial charge in [-0.15, -0.1) is 0 Å². The maximum Gasteiger partial charge on any atom is 0.0218 e. The quantitative estimate of drug-likeness (QED) is 0.595. The minimum atomic E-state index is 0.486. The molecule has 0 heterocycles. The fourth-order valence-corrected chi connectivity index (χ4v) is 2.30. The minimum Gasteiger partial charge on any atom is -0.329 e. The van der Waals surface area contributed by atoms with Gasteiger partial charge in [0.25, 0.3) is 0 Å². The Kier molecular flexibility index (Phi) is 8.96. The molecule has 0 saturated carbocycles. The van der Waals surface area contributed by atoms with E-state index in [4.69, 9.17) is 5.73 Å². The molecule has 0 radical (unpaired) electrons. The van der Waals surface area contributed by atoms with Crippen LogP contribution in [0.1, 0.15) is 53.9 Å². The van der Waals surface area contributed by atoms with Crippen LogP contribution in [0.3, 0.4) is 0 Å². The summed E-state index contributed by atoms with van der Waals surface area (Å²) in [7, 11) is 0. The van der Waals surface area contributed by atoms with E-state index in [0.717, 1.165) is 24.9 Å². The summed E-state index contributed by atoms with van der Waals surface area (Å²) in [5.74, 6) is 2.21. The predicted molar refractivity (Wildman–Crippen MR) is 73.5 cm³/mol. The summed E-state index contributed by atoms with van der Waals surface area (Å²) in [5.41, 5.74) is 5.86. The summed E-state index contributed by atoms with van der Waals surface area (Å²) < 4.78 is 0. The van der Waals surface area contributed by atoms with Crippen LogP contribution in [0.15, 0.2) is 0 Å². The molecule has 3 atom stereocenters. The Morgan fingerprint density at radius 1 is 1.12 bits per heavy atom. The van der Waals surface area contributed by atoms with Gasteiger partial charge >= 0.3 is 0 Å². The number of hydrogen-bond donors (Lipinski definition) is 2. The molecular weight excluding hydrogens is 196 g/mol. The topological polar surface area (TPSA) is 38.0 Å². The van der Waals surface area contributed by atoms with Gasteiger partial charge in [0.15, 0.2) is 0 Å². The van der Waals surface area contributed by atoms with E-state index in [2.05, 4.69) is 39.9 Å². The average Bonchev–Trinajstić information content (AvgIpc) is 2.22. The van der Waals surface area contributed by atoms with Crippen molar-refractivity contribution in [2.24, 2.45) is 23.5 Å². The van der Waals surface area contributed by atoms with Crippen LogP contribution in [-0.4, -0.2) is 19.1 Å². The number of hydrogen-bond acceptors (Lipinski definition) is 2. The highest BCUT2D eigenvalue weighted by atomic mass is 14.9. The lowest BCUT2D eigenvalue weighted by atomic mass is 9.83. The van der Waals surface area contributed by atoms with Crippen LogP contribution in [0.5, 0.6) is 0 Å². The van der Waals surface area contributed by atoms with Crippen molar-refractivity contribution in [2.45, 2.75) is 59.9 Å². The Morgan fingerprint density at radius 3 is 2.19 bits per heavy atom. The van der Waals surface area contributed by atoms with Gasteiger partial charge in [0, 0.05) is 12.6 Å². The van der Waals surface area contributed by atoms with Crippen molar-refractivity contribution in [1.82, 2.24) is 5.32 Å². The molecule has 0 amide bonds. The Bertz CT molecular complexity index is 157. The lowest BCUT2D eigenvalue weighted by Crippen LogP contribution is -2.44. The van der Waals surface area contributed by atoms with Crippen molar-refractivity contribution in [3.63, 3.8) is 0 Å². The largest absolute Gasteiger partial charge is 0.329 e. The molecule has 16 heavy (non-hydrogen) atoms. The van der Waals surface area contributed by atoms with Gasteiger partial charge in [-0.2, -0.15) is 0 Å². The van der Waals surface area contributed by atoms with Crippen LogP contribution in [0.4, 0.5) is 0 Å². The molecule has 0 aliphatic heterocycles. The molecule has 3 N–H and O–H groups in total. The highest BCUT2D eigenvalue weighted by Gasteiger charge is 2.21. The van der Waals surface area contributed by atoms with Gasteiger partial charge in [-0.05, 0) is 37.1 Å². The summed E-state index contributed by atoms with van der Waals surface area (Å²) in [5, 5.41) is 3.60. The van der Waals surface area contributed by atoms with Gasteiger partial charge in [0.2, 0.25) is 0 Å². The molecule has 0 aromatic carbocycles. The van der Waals surface area contributed by atoms with Crippen molar-refractivity contribution in [2.75, 3.05) is 13.1 Å². The smallest absolute Gasteiger partial charge is 0.0218 e. The molecule has 0 saturated heterocycles. The third-order valence-corrected chi connectivity index (χ3v) is 3.57. The number of unbranched alkanes of at least 4 members (excludes halogenated alkanes) is 1. The molecule has 0 bridgehead atoms. The van der Waals surface area contributed by atoms with Gasteiger partial charge < -0.3 is 11.1 Å². The first kappa shape index (κ1) is 15.9. The van der Waals surface area contributed by atoms with E-state index >= 15 is 0 Å². The first-order chi connectivity index (χ1) is 7.52. The Labute approximate surface area is 102 Å². The van der Waals surface area contributed by atoms with E-state index in [-0.39, 0.29) is 0 Å². The maximum atomic E-state index is 5.86. The van der Waals surface area contributed by atoms with Gasteiger partial charge in [-0.25, -0.2) is 0 Å². The highest BCUT2D eigenvalue weighted by Crippen LogP contribution is 2.22. The monoisotopic (exact) mass is 228 g/mol. The van der Waals surface area contributed by atoms with E-state index < -0.39 is 0 Å². The highest BCUT2D eigenvalue weighted by molar-refractivity contribution is 4.78. The van der Waals surface area contributed by atoms with Crippen molar-refractivity contribution < 1.29 is 0 Å². The average molecular weight is 228 g/mol. The second kappa shape index (κ2) is 9.00. The number of rotatable bonds is 9. The van der Waals surface area contributed by atoms with E-state index in [0.29, 0.717) is 12.0 Å². The van der Waals surface area contributed by atoms with E-state index in [1.807, 2.05) is 0 Å². The first-order valence-corrected chi connectivity index (χ1v) is 6.96. The van der Waals surface area contributed by atoms with Crippen LogP contribution >= 0.6 is 0 Å². The molecule has 0 aliphatic carbocycles. The SMILES string of the molecule is CCCCNC(CN)C(C)C(C)CC(C)C. The van der Waals surface area contributed by atoms with Crippen LogP contribution in [0.25, 0.3) is 0 Å². The van der Waals surface area contributed by atoms with Gasteiger partial charge in [-0.1, -0.05) is 41.0 Å². The molecule has 2 heteroatoms. The molecule has 0 aliphatic rings. The third-order valence-electron chi connectivity index (χ3n) is 3.57. The summed E-state index contributed by atoms with van der Waals surface area (Å²) in [6.07, 6.45) is 3.80. The summed E-state index contributed by atoms with van der Waals surface area (Å²) in [6, 6.07) is 0.486. The maximum absolute atomic E-state index is 5.86. The van der Waals surface area contributed by atoms with Crippen LogP contribution in [0.2, 0.25) is 0 Å². The van der Waals surface area contributed by atoms with Gasteiger partial charge in [-0.3, -0.25) is 0 Å². The zero-order valence-electron chi connectivity index (χ0n) is 11.9. The normalized spacial score (nSPS) is 17.4. The standard InChI is InChI=1S/C14H32N2/c1-6-7-8-16-14(10-15)13(5)12(4)9-11(2)3/h11-14,16H,6-10,15H2,1-5H3. The summed E-state index contributed by atoms with van der Waals surface area (Å²) in [4.78, 5) is 0. The zero-order valence-corrected chi connectivity index (χ0v) is 11.9. The number of nitrogens with two attached hydrogens (primary N) is 1. The molecule has 3 unspecified atom stereocenters. The fourth-order valence-electron chi connectivity index (χ4n) is 2.30. The molecule has 0 aromatic heterocycles. The molecule has 98 valence electrons.